The number of benzene rings is 3. The summed E-state index contributed by atoms with van der Waals surface area (Å²) in [5.74, 6) is -0.441. The Kier molecular flexibility index (Phi) is 9.15. The van der Waals surface area contributed by atoms with Crippen LogP contribution in [0.2, 0.25) is 5.02 Å². The first-order chi connectivity index (χ1) is 18.4. The maximum Gasteiger partial charge on any atom is 0.253 e. The Morgan fingerprint density at radius 1 is 0.921 bits per heavy atom. The highest BCUT2D eigenvalue weighted by Crippen LogP contribution is 2.25. The van der Waals surface area contributed by atoms with Crippen LogP contribution >= 0.6 is 11.6 Å². The minimum atomic E-state index is -1.61. The molecule has 5 nitrogen and oxygen atoms in total. The van der Waals surface area contributed by atoms with Crippen molar-refractivity contribution in [3.63, 3.8) is 0 Å². The lowest BCUT2D eigenvalue weighted by atomic mass is 10.1. The Balaban J connectivity index is 1.52. The van der Waals surface area contributed by atoms with Crippen molar-refractivity contribution in [3.05, 3.63) is 132 Å². The number of carbonyl (C=O) groups is 1. The third-order valence-electron chi connectivity index (χ3n) is 6.29. The lowest BCUT2D eigenvalue weighted by Gasteiger charge is -2.36. The SMILES string of the molecule is C=C/C=C(\C=C)N1CCN(C(=O)c2ccc(N(Cc3ccc(Cl)cc3)S(=O)c3ccc(F)cc3)cc2)CC1. The molecule has 0 radical (unpaired) electrons. The summed E-state index contributed by atoms with van der Waals surface area (Å²) in [6, 6.07) is 20.0. The molecular formula is C30H29ClFN3O2S. The summed E-state index contributed by atoms with van der Waals surface area (Å²) >= 11 is 6.04. The third kappa shape index (κ3) is 6.60. The highest BCUT2D eigenvalue weighted by Gasteiger charge is 2.23. The van der Waals surface area contributed by atoms with Crippen LogP contribution in [-0.4, -0.2) is 46.1 Å². The molecular weight excluding hydrogens is 521 g/mol. The van der Waals surface area contributed by atoms with E-state index in [-0.39, 0.29) is 5.91 Å². The molecule has 1 heterocycles. The number of piperazine rings is 1. The van der Waals surface area contributed by atoms with Gasteiger partial charge in [-0.2, -0.15) is 0 Å². The fourth-order valence-electron chi connectivity index (χ4n) is 4.22. The van der Waals surface area contributed by atoms with Crippen LogP contribution < -0.4 is 4.31 Å². The molecule has 1 unspecified atom stereocenters. The molecule has 196 valence electrons. The standard InChI is InChI=1S/C30H29ClFN3O2S/c1-3-5-27(4-2)33-18-20-34(21-19-33)30(36)24-8-14-28(15-9-24)35(22-23-6-10-25(31)11-7-23)38(37)29-16-12-26(32)13-17-29/h3-17H,1-2,18-22H2/b27-5+. The number of nitrogens with zero attached hydrogens (tertiary/aromatic N) is 3. The lowest BCUT2D eigenvalue weighted by Crippen LogP contribution is -2.48. The normalized spacial score (nSPS) is 14.6. The minimum absolute atomic E-state index is 0.0482. The topological polar surface area (TPSA) is 43.9 Å². The van der Waals surface area contributed by atoms with Gasteiger partial charge in [0, 0.05) is 42.5 Å². The molecule has 0 spiro atoms. The van der Waals surface area contributed by atoms with Gasteiger partial charge in [0.1, 0.15) is 5.82 Å². The first-order valence-corrected chi connectivity index (χ1v) is 13.7. The highest BCUT2D eigenvalue weighted by molar-refractivity contribution is 7.86. The van der Waals surface area contributed by atoms with Crippen LogP contribution in [0.15, 0.2) is 115 Å². The Morgan fingerprint density at radius 2 is 1.53 bits per heavy atom. The Bertz CT molecular complexity index is 1330. The maximum absolute atomic E-state index is 13.5. The molecule has 0 bridgehead atoms. The van der Waals surface area contributed by atoms with E-state index < -0.39 is 16.8 Å². The van der Waals surface area contributed by atoms with Gasteiger partial charge in [-0.25, -0.2) is 8.60 Å². The predicted octanol–water partition coefficient (Wildman–Crippen LogP) is 6.22. The zero-order valence-corrected chi connectivity index (χ0v) is 22.5. The predicted molar refractivity (Wildman–Crippen MR) is 153 cm³/mol. The average Bonchev–Trinajstić information content (AvgIpc) is 2.95. The van der Waals surface area contributed by atoms with Crippen LogP contribution in [0.3, 0.4) is 0 Å². The molecule has 1 fully saturated rings. The second kappa shape index (κ2) is 12.7. The van der Waals surface area contributed by atoms with Crippen LogP contribution in [0, 0.1) is 5.82 Å². The van der Waals surface area contributed by atoms with Crippen molar-refractivity contribution in [1.82, 2.24) is 9.80 Å². The van der Waals surface area contributed by atoms with Crippen molar-refractivity contribution in [2.75, 3.05) is 30.5 Å². The highest BCUT2D eigenvalue weighted by atomic mass is 35.5. The first kappa shape index (κ1) is 27.4. The maximum atomic E-state index is 13.5. The van der Waals surface area contributed by atoms with E-state index in [1.54, 1.807) is 52.9 Å². The van der Waals surface area contributed by atoms with Crippen molar-refractivity contribution >= 4 is 34.2 Å². The molecule has 1 saturated heterocycles. The summed E-state index contributed by atoms with van der Waals surface area (Å²) in [4.78, 5) is 17.7. The van der Waals surface area contributed by atoms with E-state index in [0.717, 1.165) is 11.3 Å². The first-order valence-electron chi connectivity index (χ1n) is 12.2. The lowest BCUT2D eigenvalue weighted by molar-refractivity contribution is 0.0672. The van der Waals surface area contributed by atoms with Gasteiger partial charge in [0.2, 0.25) is 0 Å². The largest absolute Gasteiger partial charge is 0.368 e. The Hall–Kier alpha value is -3.68. The van der Waals surface area contributed by atoms with E-state index in [4.69, 9.17) is 11.6 Å². The molecule has 1 amide bonds. The number of hydrogen-bond donors (Lipinski definition) is 0. The Morgan fingerprint density at radius 3 is 2.11 bits per heavy atom. The molecule has 1 aliphatic rings. The van der Waals surface area contributed by atoms with Crippen molar-refractivity contribution in [2.45, 2.75) is 11.4 Å². The molecule has 4 rings (SSSR count). The molecule has 0 N–H and O–H groups in total. The average molecular weight is 550 g/mol. The summed E-state index contributed by atoms with van der Waals surface area (Å²) < 4.78 is 28.7. The quantitative estimate of drug-likeness (QED) is 0.298. The van der Waals surface area contributed by atoms with Gasteiger partial charge in [-0.1, -0.05) is 43.0 Å². The van der Waals surface area contributed by atoms with E-state index in [2.05, 4.69) is 18.1 Å². The fourth-order valence-corrected chi connectivity index (χ4v) is 5.55. The van der Waals surface area contributed by atoms with Crippen LogP contribution in [0.25, 0.3) is 0 Å². The second-order valence-corrected chi connectivity index (χ2v) is 10.6. The number of carbonyl (C=O) groups excluding carboxylic acids is 1. The number of allylic oxidation sites excluding steroid dienone is 3. The number of hydrogen-bond acceptors (Lipinski definition) is 3. The summed E-state index contributed by atoms with van der Waals surface area (Å²) in [5.41, 5.74) is 3.14. The van der Waals surface area contributed by atoms with Gasteiger partial charge >= 0.3 is 0 Å². The van der Waals surface area contributed by atoms with Gasteiger partial charge in [0.05, 0.1) is 17.1 Å². The smallest absolute Gasteiger partial charge is 0.253 e. The monoisotopic (exact) mass is 549 g/mol. The molecule has 1 atom stereocenters. The fraction of sp³-hybridized carbons (Fsp3) is 0.167. The van der Waals surface area contributed by atoms with Gasteiger partial charge in [0.25, 0.3) is 5.91 Å². The van der Waals surface area contributed by atoms with E-state index in [1.165, 1.54) is 24.3 Å². The molecule has 8 heteroatoms. The van der Waals surface area contributed by atoms with E-state index in [9.17, 15) is 13.4 Å². The molecule has 38 heavy (non-hydrogen) atoms. The summed E-state index contributed by atoms with van der Waals surface area (Å²) in [7, 11) is -1.61. The molecule has 0 aromatic heterocycles. The zero-order valence-electron chi connectivity index (χ0n) is 20.9. The van der Waals surface area contributed by atoms with Gasteiger partial charge < -0.3 is 9.80 Å². The molecule has 1 aliphatic heterocycles. The van der Waals surface area contributed by atoms with Gasteiger partial charge in [-0.05, 0) is 78.4 Å². The van der Waals surface area contributed by atoms with E-state index >= 15 is 0 Å². The van der Waals surface area contributed by atoms with Crippen LogP contribution in [0.1, 0.15) is 15.9 Å². The van der Waals surface area contributed by atoms with Crippen molar-refractivity contribution in [2.24, 2.45) is 0 Å². The number of amides is 1. The van der Waals surface area contributed by atoms with Crippen LogP contribution in [0.4, 0.5) is 10.1 Å². The molecule has 3 aromatic carbocycles. The minimum Gasteiger partial charge on any atom is -0.368 e. The van der Waals surface area contributed by atoms with Gasteiger partial charge in [-0.15, -0.1) is 0 Å². The summed E-state index contributed by atoms with van der Waals surface area (Å²) in [5, 5.41) is 0.612. The number of rotatable bonds is 9. The number of anilines is 1. The number of halogens is 2. The van der Waals surface area contributed by atoms with Gasteiger partial charge in [0.15, 0.2) is 11.0 Å². The van der Waals surface area contributed by atoms with Gasteiger partial charge in [-0.3, -0.25) is 9.10 Å². The van der Waals surface area contributed by atoms with Crippen molar-refractivity contribution < 1.29 is 13.4 Å². The van der Waals surface area contributed by atoms with E-state index in [0.29, 0.717) is 53.9 Å². The van der Waals surface area contributed by atoms with Crippen molar-refractivity contribution in [3.8, 4) is 0 Å². The summed E-state index contributed by atoms with van der Waals surface area (Å²) in [6.07, 6.45) is 5.44. The molecule has 0 saturated carbocycles. The Labute approximate surface area is 230 Å². The summed E-state index contributed by atoms with van der Waals surface area (Å²) in [6.45, 7) is 10.6. The molecule has 0 aliphatic carbocycles. The van der Waals surface area contributed by atoms with E-state index in [1.807, 2.05) is 23.1 Å². The molecule has 3 aromatic rings. The third-order valence-corrected chi connectivity index (χ3v) is 7.95. The van der Waals surface area contributed by atoms with Crippen LogP contribution in [-0.2, 0) is 17.5 Å². The van der Waals surface area contributed by atoms with Crippen LogP contribution in [0.5, 0.6) is 0 Å². The zero-order chi connectivity index (χ0) is 27.1. The van der Waals surface area contributed by atoms with Crippen molar-refractivity contribution in [1.29, 1.82) is 0 Å². The second-order valence-electron chi connectivity index (χ2n) is 8.72.